The highest BCUT2D eigenvalue weighted by molar-refractivity contribution is 5.83. The molecule has 0 fully saturated rings. The van der Waals surface area contributed by atoms with E-state index in [1.807, 2.05) is 19.2 Å². The number of furan rings is 1. The van der Waals surface area contributed by atoms with E-state index in [9.17, 15) is 0 Å². The zero-order valence-electron chi connectivity index (χ0n) is 11.9. The summed E-state index contributed by atoms with van der Waals surface area (Å²) in [5.74, 6) is 1.65. The minimum atomic E-state index is 0.793. The fourth-order valence-electron chi connectivity index (χ4n) is 2.45. The Bertz CT molecular complexity index is 762. The highest BCUT2D eigenvalue weighted by atomic mass is 16.3. The first-order valence-electron chi connectivity index (χ1n) is 6.75. The smallest absolute Gasteiger partial charge is 0.154 e. The van der Waals surface area contributed by atoms with Crippen LogP contribution in [0.2, 0.25) is 0 Å². The molecule has 0 saturated carbocycles. The molecule has 0 unspecified atom stereocenters. The number of benzene rings is 1. The Morgan fingerprint density at radius 1 is 1.20 bits per heavy atom. The van der Waals surface area contributed by atoms with Gasteiger partial charge < -0.3 is 9.73 Å². The van der Waals surface area contributed by atoms with Crippen molar-refractivity contribution >= 4 is 16.8 Å². The molecule has 0 spiro atoms. The van der Waals surface area contributed by atoms with Gasteiger partial charge in [-0.25, -0.2) is 9.97 Å². The molecule has 0 amide bonds. The van der Waals surface area contributed by atoms with Crippen molar-refractivity contribution in [1.29, 1.82) is 0 Å². The molecule has 4 heteroatoms. The van der Waals surface area contributed by atoms with Crippen molar-refractivity contribution < 1.29 is 4.42 Å². The maximum absolute atomic E-state index is 5.93. The van der Waals surface area contributed by atoms with Gasteiger partial charge in [0.15, 0.2) is 5.76 Å². The quantitative estimate of drug-likeness (QED) is 0.784. The van der Waals surface area contributed by atoms with Gasteiger partial charge in [-0.1, -0.05) is 18.6 Å². The van der Waals surface area contributed by atoms with Crippen LogP contribution in [0.5, 0.6) is 0 Å². The van der Waals surface area contributed by atoms with Crippen molar-refractivity contribution in [3.05, 3.63) is 41.7 Å². The summed E-state index contributed by atoms with van der Waals surface area (Å²) in [7, 11) is 1.87. The summed E-state index contributed by atoms with van der Waals surface area (Å²) in [5.41, 5.74) is 4.04. The molecule has 2 aromatic heterocycles. The summed E-state index contributed by atoms with van der Waals surface area (Å²) < 4.78 is 5.93. The van der Waals surface area contributed by atoms with E-state index in [1.165, 1.54) is 5.56 Å². The third-order valence-corrected chi connectivity index (χ3v) is 3.44. The third-order valence-electron chi connectivity index (χ3n) is 3.44. The molecule has 0 radical (unpaired) electrons. The van der Waals surface area contributed by atoms with Crippen LogP contribution in [-0.2, 0) is 6.42 Å². The molecule has 1 N–H and O–H groups in total. The molecule has 0 bridgehead atoms. The first-order chi connectivity index (χ1) is 9.72. The van der Waals surface area contributed by atoms with Gasteiger partial charge in [-0.15, -0.1) is 0 Å². The lowest BCUT2D eigenvalue weighted by atomic mass is 10.1. The first kappa shape index (κ1) is 12.7. The first-order valence-corrected chi connectivity index (χ1v) is 6.75. The van der Waals surface area contributed by atoms with Gasteiger partial charge in [0.05, 0.1) is 0 Å². The molecule has 2 heterocycles. The van der Waals surface area contributed by atoms with Crippen molar-refractivity contribution in [2.45, 2.75) is 20.3 Å². The molecule has 3 aromatic rings. The van der Waals surface area contributed by atoms with E-state index in [2.05, 4.69) is 41.3 Å². The van der Waals surface area contributed by atoms with Gasteiger partial charge in [0, 0.05) is 18.0 Å². The molecular weight excluding hydrogens is 250 g/mol. The van der Waals surface area contributed by atoms with Crippen LogP contribution in [0.15, 0.2) is 35.0 Å². The average molecular weight is 267 g/mol. The van der Waals surface area contributed by atoms with E-state index in [4.69, 9.17) is 4.42 Å². The molecule has 0 aliphatic rings. The Morgan fingerprint density at radius 3 is 2.80 bits per heavy atom. The molecular formula is C16H17N3O. The number of nitrogens with zero attached hydrogens (tertiary/aromatic N) is 2. The molecule has 3 rings (SSSR count). The Labute approximate surface area is 117 Å². The van der Waals surface area contributed by atoms with E-state index in [1.54, 1.807) is 6.33 Å². The molecule has 102 valence electrons. The van der Waals surface area contributed by atoms with Crippen LogP contribution in [0.1, 0.15) is 18.1 Å². The second kappa shape index (κ2) is 4.96. The lowest BCUT2D eigenvalue weighted by molar-refractivity contribution is 0.627. The Hall–Kier alpha value is -2.36. The summed E-state index contributed by atoms with van der Waals surface area (Å²) in [5, 5.41) is 4.21. The summed E-state index contributed by atoms with van der Waals surface area (Å²) in [6, 6.07) is 8.21. The third kappa shape index (κ3) is 2.03. The van der Waals surface area contributed by atoms with Crippen LogP contribution in [0, 0.1) is 6.92 Å². The van der Waals surface area contributed by atoms with Crippen LogP contribution in [0.25, 0.3) is 22.4 Å². The lowest BCUT2D eigenvalue weighted by Crippen LogP contribution is -2.01. The van der Waals surface area contributed by atoms with Crippen molar-refractivity contribution in [2.24, 2.45) is 0 Å². The van der Waals surface area contributed by atoms with Crippen LogP contribution >= 0.6 is 0 Å². The highest BCUT2D eigenvalue weighted by Crippen LogP contribution is 2.31. The van der Waals surface area contributed by atoms with Gasteiger partial charge in [-0.3, -0.25) is 0 Å². The molecule has 4 nitrogen and oxygen atoms in total. The van der Waals surface area contributed by atoms with Crippen LogP contribution < -0.4 is 5.32 Å². The van der Waals surface area contributed by atoms with E-state index >= 15 is 0 Å². The lowest BCUT2D eigenvalue weighted by Gasteiger charge is -2.08. The highest BCUT2D eigenvalue weighted by Gasteiger charge is 2.14. The van der Waals surface area contributed by atoms with Gasteiger partial charge in [-0.2, -0.15) is 0 Å². The molecule has 20 heavy (non-hydrogen) atoms. The van der Waals surface area contributed by atoms with Gasteiger partial charge in [0.2, 0.25) is 0 Å². The van der Waals surface area contributed by atoms with Crippen LogP contribution in [-0.4, -0.2) is 17.0 Å². The van der Waals surface area contributed by atoms with E-state index in [0.29, 0.717) is 0 Å². The Morgan fingerprint density at radius 2 is 2.05 bits per heavy atom. The number of anilines is 1. The van der Waals surface area contributed by atoms with Crippen molar-refractivity contribution in [3.63, 3.8) is 0 Å². The maximum atomic E-state index is 5.93. The van der Waals surface area contributed by atoms with Crippen LogP contribution in [0.3, 0.4) is 0 Å². The minimum absolute atomic E-state index is 0.793. The predicted octanol–water partition coefficient (Wildman–Crippen LogP) is 3.80. The standard InChI is InChI=1S/C16H17N3O/c1-4-12-15(18-9-19-16(12)17-3)14-8-11-7-10(2)5-6-13(11)20-14/h5-9H,4H2,1-3H3,(H,17,18,19). The van der Waals surface area contributed by atoms with Gasteiger partial charge in [0.25, 0.3) is 0 Å². The number of rotatable bonds is 3. The summed E-state index contributed by atoms with van der Waals surface area (Å²) in [4.78, 5) is 8.66. The number of hydrogen-bond donors (Lipinski definition) is 1. The van der Waals surface area contributed by atoms with Crippen molar-refractivity contribution in [2.75, 3.05) is 12.4 Å². The fraction of sp³-hybridized carbons (Fsp3) is 0.250. The maximum Gasteiger partial charge on any atom is 0.154 e. The molecule has 0 saturated heterocycles. The van der Waals surface area contributed by atoms with E-state index in [0.717, 1.165) is 40.2 Å². The van der Waals surface area contributed by atoms with Gasteiger partial charge >= 0.3 is 0 Å². The molecule has 0 atom stereocenters. The summed E-state index contributed by atoms with van der Waals surface area (Å²) in [6.07, 6.45) is 2.42. The molecule has 0 aliphatic carbocycles. The fourth-order valence-corrected chi connectivity index (χ4v) is 2.45. The number of hydrogen-bond acceptors (Lipinski definition) is 4. The second-order valence-corrected chi connectivity index (χ2v) is 4.80. The van der Waals surface area contributed by atoms with E-state index < -0.39 is 0 Å². The Balaban J connectivity index is 2.20. The molecule has 0 aliphatic heterocycles. The SMILES string of the molecule is CCc1c(NC)ncnc1-c1cc2cc(C)ccc2o1. The minimum Gasteiger partial charge on any atom is -0.454 e. The van der Waals surface area contributed by atoms with Gasteiger partial charge in [-0.05, 0) is 31.5 Å². The molecule has 1 aromatic carbocycles. The number of aryl methyl sites for hydroxylation is 1. The topological polar surface area (TPSA) is 51.0 Å². The summed E-state index contributed by atoms with van der Waals surface area (Å²) in [6.45, 7) is 4.17. The van der Waals surface area contributed by atoms with Crippen molar-refractivity contribution in [3.8, 4) is 11.5 Å². The predicted molar refractivity (Wildman–Crippen MR) is 80.9 cm³/mol. The normalized spacial score (nSPS) is 10.9. The van der Waals surface area contributed by atoms with Crippen LogP contribution in [0.4, 0.5) is 5.82 Å². The Kier molecular flexibility index (Phi) is 3.14. The zero-order chi connectivity index (χ0) is 14.1. The van der Waals surface area contributed by atoms with Gasteiger partial charge in [0.1, 0.15) is 23.4 Å². The van der Waals surface area contributed by atoms with E-state index in [-0.39, 0.29) is 0 Å². The monoisotopic (exact) mass is 267 g/mol. The largest absolute Gasteiger partial charge is 0.454 e. The summed E-state index contributed by atoms with van der Waals surface area (Å²) >= 11 is 0. The average Bonchev–Trinajstić information content (AvgIpc) is 2.88. The number of aromatic nitrogens is 2. The number of nitrogens with one attached hydrogen (secondary N) is 1. The van der Waals surface area contributed by atoms with Crippen molar-refractivity contribution in [1.82, 2.24) is 9.97 Å². The number of fused-ring (bicyclic) bond motifs is 1. The zero-order valence-corrected chi connectivity index (χ0v) is 11.9. The second-order valence-electron chi connectivity index (χ2n) is 4.80.